The van der Waals surface area contributed by atoms with Gasteiger partial charge in [-0.15, -0.1) is 0 Å². The number of benzene rings is 1. The number of amidine groups is 1. The van der Waals surface area contributed by atoms with Gasteiger partial charge in [0.2, 0.25) is 0 Å². The lowest BCUT2D eigenvalue weighted by molar-refractivity contribution is 0.407. The second kappa shape index (κ2) is 6.06. The van der Waals surface area contributed by atoms with Crippen molar-refractivity contribution in [2.75, 3.05) is 5.75 Å². The highest BCUT2D eigenvalue weighted by Crippen LogP contribution is 2.29. The minimum absolute atomic E-state index is 0.237. The second-order valence-corrected chi connectivity index (χ2v) is 6.48. The average molecular weight is 299 g/mol. The van der Waals surface area contributed by atoms with Crippen molar-refractivity contribution in [3.8, 4) is 0 Å². The number of para-hydroxylation sites is 1. The van der Waals surface area contributed by atoms with Crippen LogP contribution in [0, 0.1) is 0 Å². The van der Waals surface area contributed by atoms with Crippen molar-refractivity contribution < 1.29 is 0 Å². The number of hydrogen-bond acceptors (Lipinski definition) is 3. The number of thioether (sulfide) groups is 1. The maximum Gasteiger partial charge on any atom is 0.157 e. The summed E-state index contributed by atoms with van der Waals surface area (Å²) in [5.41, 5.74) is 2.48. The standard InChI is InChI=1S/C17H21N3S/c1-3-17(4-2)12-21-16(20-17)19-11-14-8-5-7-13-9-6-10-18-15(13)14/h5-10H,3-4,11-12H2,1-2H3,(H,19,20). The topological polar surface area (TPSA) is 37.3 Å². The lowest BCUT2D eigenvalue weighted by Gasteiger charge is -2.25. The highest BCUT2D eigenvalue weighted by atomic mass is 32.2. The molecule has 4 heteroatoms. The highest BCUT2D eigenvalue weighted by Gasteiger charge is 2.33. The zero-order valence-electron chi connectivity index (χ0n) is 12.6. The third-order valence-corrected chi connectivity index (χ3v) is 5.52. The summed E-state index contributed by atoms with van der Waals surface area (Å²) < 4.78 is 0. The summed E-state index contributed by atoms with van der Waals surface area (Å²) in [5, 5.41) is 5.87. The maximum absolute atomic E-state index is 4.76. The van der Waals surface area contributed by atoms with Crippen LogP contribution in [0.15, 0.2) is 41.5 Å². The summed E-state index contributed by atoms with van der Waals surface area (Å²) in [5.74, 6) is 1.12. The Kier molecular flexibility index (Phi) is 4.15. The summed E-state index contributed by atoms with van der Waals surface area (Å²) in [6.45, 7) is 5.18. The Bertz CT molecular complexity index is 657. The molecule has 0 spiro atoms. The van der Waals surface area contributed by atoms with Crippen molar-refractivity contribution in [2.24, 2.45) is 4.99 Å². The maximum atomic E-state index is 4.76. The van der Waals surface area contributed by atoms with Gasteiger partial charge in [0.15, 0.2) is 5.17 Å². The fraction of sp³-hybridized carbons (Fsp3) is 0.412. The van der Waals surface area contributed by atoms with Gasteiger partial charge in [0.25, 0.3) is 0 Å². The molecule has 2 heterocycles. The van der Waals surface area contributed by atoms with Gasteiger partial charge in [-0.25, -0.2) is 0 Å². The van der Waals surface area contributed by atoms with Gasteiger partial charge in [-0.3, -0.25) is 9.98 Å². The molecule has 0 radical (unpaired) electrons. The van der Waals surface area contributed by atoms with Gasteiger partial charge in [-0.1, -0.05) is 49.9 Å². The van der Waals surface area contributed by atoms with E-state index in [4.69, 9.17) is 4.99 Å². The van der Waals surface area contributed by atoms with E-state index in [0.717, 1.165) is 29.3 Å². The molecule has 1 aromatic carbocycles. The van der Waals surface area contributed by atoms with E-state index in [0.29, 0.717) is 6.54 Å². The predicted octanol–water partition coefficient (Wildman–Crippen LogP) is 3.99. The molecule has 0 bridgehead atoms. The third kappa shape index (κ3) is 2.91. The second-order valence-electron chi connectivity index (χ2n) is 5.51. The van der Waals surface area contributed by atoms with Crippen LogP contribution < -0.4 is 5.32 Å². The van der Waals surface area contributed by atoms with Gasteiger partial charge >= 0.3 is 0 Å². The van der Waals surface area contributed by atoms with Gasteiger partial charge in [0.05, 0.1) is 12.1 Å². The Hall–Kier alpha value is -1.55. The van der Waals surface area contributed by atoms with Gasteiger partial charge in [0.1, 0.15) is 0 Å². The minimum atomic E-state index is 0.237. The molecule has 1 aliphatic heterocycles. The first-order valence-corrected chi connectivity index (χ1v) is 8.53. The summed E-state index contributed by atoms with van der Waals surface area (Å²) in [7, 11) is 0. The summed E-state index contributed by atoms with van der Waals surface area (Å²) in [4.78, 5) is 9.25. The molecule has 1 N–H and O–H groups in total. The normalized spacial score (nSPS) is 19.0. The van der Waals surface area contributed by atoms with E-state index >= 15 is 0 Å². The molecule has 3 rings (SSSR count). The molecule has 0 aliphatic carbocycles. The first-order valence-electron chi connectivity index (χ1n) is 7.54. The smallest absolute Gasteiger partial charge is 0.157 e. The zero-order valence-corrected chi connectivity index (χ0v) is 13.4. The minimum Gasteiger partial charge on any atom is -0.359 e. The molecule has 2 aromatic rings. The van der Waals surface area contributed by atoms with Crippen molar-refractivity contribution >= 4 is 27.8 Å². The van der Waals surface area contributed by atoms with Crippen LogP contribution in [0.5, 0.6) is 0 Å². The Morgan fingerprint density at radius 2 is 2.05 bits per heavy atom. The fourth-order valence-electron chi connectivity index (χ4n) is 2.67. The van der Waals surface area contributed by atoms with E-state index in [1.54, 1.807) is 0 Å². The fourth-order valence-corrected chi connectivity index (χ4v) is 4.01. The Labute approximate surface area is 130 Å². The molecule has 0 saturated carbocycles. The largest absolute Gasteiger partial charge is 0.359 e. The number of rotatable bonds is 4. The van der Waals surface area contributed by atoms with E-state index < -0.39 is 0 Å². The van der Waals surface area contributed by atoms with Gasteiger partial charge in [-0.2, -0.15) is 0 Å². The molecular weight excluding hydrogens is 278 g/mol. The van der Waals surface area contributed by atoms with Crippen molar-refractivity contribution in [3.63, 3.8) is 0 Å². The lowest BCUT2D eigenvalue weighted by Crippen LogP contribution is -2.42. The number of nitrogens with one attached hydrogen (secondary N) is 1. The molecule has 1 fully saturated rings. The first kappa shape index (κ1) is 14.4. The predicted molar refractivity (Wildman–Crippen MR) is 91.8 cm³/mol. The molecule has 1 aliphatic rings. The Morgan fingerprint density at radius 1 is 1.24 bits per heavy atom. The number of pyridine rings is 1. The molecule has 1 saturated heterocycles. The molecule has 0 atom stereocenters. The number of hydrogen-bond donors (Lipinski definition) is 1. The Balaban J connectivity index is 1.80. The molecule has 3 nitrogen and oxygen atoms in total. The van der Waals surface area contributed by atoms with Crippen molar-refractivity contribution in [1.29, 1.82) is 0 Å². The molecule has 0 amide bonds. The van der Waals surface area contributed by atoms with Crippen LogP contribution in [0.25, 0.3) is 10.9 Å². The number of nitrogens with zero attached hydrogens (tertiary/aromatic N) is 2. The molecule has 21 heavy (non-hydrogen) atoms. The van der Waals surface area contributed by atoms with Crippen molar-refractivity contribution in [3.05, 3.63) is 42.1 Å². The van der Waals surface area contributed by atoms with E-state index in [1.807, 2.05) is 24.0 Å². The quantitative estimate of drug-likeness (QED) is 0.927. The summed E-state index contributed by atoms with van der Waals surface area (Å²) in [6.07, 6.45) is 4.14. The molecule has 0 unspecified atom stereocenters. The Morgan fingerprint density at radius 3 is 2.81 bits per heavy atom. The van der Waals surface area contributed by atoms with Crippen LogP contribution in [0.2, 0.25) is 0 Å². The van der Waals surface area contributed by atoms with Crippen molar-refractivity contribution in [2.45, 2.75) is 38.8 Å². The molecule has 1 aromatic heterocycles. The van der Waals surface area contributed by atoms with E-state index in [-0.39, 0.29) is 5.54 Å². The zero-order chi connectivity index (χ0) is 14.7. The molecule has 110 valence electrons. The third-order valence-electron chi connectivity index (χ3n) is 4.32. The number of fused-ring (bicyclic) bond motifs is 1. The van der Waals surface area contributed by atoms with Gasteiger partial charge in [-0.05, 0) is 24.5 Å². The average Bonchev–Trinajstić information content (AvgIpc) is 2.97. The van der Waals surface area contributed by atoms with E-state index in [2.05, 4.69) is 48.4 Å². The summed E-state index contributed by atoms with van der Waals surface area (Å²) >= 11 is 1.84. The number of aliphatic imine (C=N–C) groups is 1. The van der Waals surface area contributed by atoms with Crippen molar-refractivity contribution in [1.82, 2.24) is 10.3 Å². The lowest BCUT2D eigenvalue weighted by atomic mass is 9.96. The van der Waals surface area contributed by atoms with Crippen LogP contribution in [-0.2, 0) is 6.54 Å². The summed E-state index contributed by atoms with van der Waals surface area (Å²) in [6, 6.07) is 10.4. The van der Waals surface area contributed by atoms with Crippen LogP contribution in [0.3, 0.4) is 0 Å². The molecular formula is C17H21N3S. The van der Waals surface area contributed by atoms with Gasteiger partial charge in [0, 0.05) is 22.9 Å². The highest BCUT2D eigenvalue weighted by molar-refractivity contribution is 8.14. The monoisotopic (exact) mass is 299 g/mol. The van der Waals surface area contributed by atoms with E-state index in [9.17, 15) is 0 Å². The first-order chi connectivity index (χ1) is 10.3. The van der Waals surface area contributed by atoms with Crippen LogP contribution in [-0.4, -0.2) is 21.4 Å². The van der Waals surface area contributed by atoms with Crippen LogP contribution >= 0.6 is 11.8 Å². The van der Waals surface area contributed by atoms with E-state index in [1.165, 1.54) is 10.9 Å². The van der Waals surface area contributed by atoms with Gasteiger partial charge < -0.3 is 5.32 Å². The number of aromatic nitrogens is 1. The van der Waals surface area contributed by atoms with Crippen LogP contribution in [0.4, 0.5) is 0 Å². The van der Waals surface area contributed by atoms with Crippen LogP contribution in [0.1, 0.15) is 32.3 Å². The SMILES string of the molecule is CCC1(CC)CSC(=NCc2cccc3cccnc23)N1.